The lowest BCUT2D eigenvalue weighted by Gasteiger charge is -2.27. The van der Waals surface area contributed by atoms with E-state index in [0.29, 0.717) is 17.7 Å². The quantitative estimate of drug-likeness (QED) is 0.582. The number of carbonyl (C=O) groups is 2. The molecule has 3 heterocycles. The van der Waals surface area contributed by atoms with Gasteiger partial charge in [0, 0.05) is 13.2 Å². The molecule has 1 aromatic heterocycles. The highest BCUT2D eigenvalue weighted by atomic mass is 19.1. The minimum Gasteiger partial charge on any atom is -0.465 e. The molecule has 164 valence electrons. The van der Waals surface area contributed by atoms with Crippen molar-refractivity contribution in [3.8, 4) is 0 Å². The van der Waals surface area contributed by atoms with Gasteiger partial charge in [-0.15, -0.1) is 0 Å². The van der Waals surface area contributed by atoms with E-state index in [9.17, 15) is 18.8 Å². The van der Waals surface area contributed by atoms with E-state index in [1.165, 1.54) is 19.2 Å². The van der Waals surface area contributed by atoms with Crippen LogP contribution in [-0.2, 0) is 9.47 Å². The molecule has 2 aromatic carbocycles. The molecule has 7 nitrogen and oxygen atoms in total. The van der Waals surface area contributed by atoms with Gasteiger partial charge in [-0.2, -0.15) is 0 Å². The molecular formula is C24H20FNO6. The van der Waals surface area contributed by atoms with Gasteiger partial charge < -0.3 is 18.8 Å². The van der Waals surface area contributed by atoms with Gasteiger partial charge in [-0.3, -0.25) is 9.59 Å². The Morgan fingerprint density at radius 2 is 1.97 bits per heavy atom. The second-order valence-electron chi connectivity index (χ2n) is 7.92. The van der Waals surface area contributed by atoms with E-state index in [1.807, 2.05) is 0 Å². The monoisotopic (exact) mass is 437 g/mol. The SMILES string of the molecule is COC(=O)c1ccc([C@@H]2c3c(oc4ccc(F)cc4c3=O)C(=O)N2C[C@@H]2CCCO2)cc1. The molecule has 0 bridgehead atoms. The topological polar surface area (TPSA) is 86.0 Å². The van der Waals surface area contributed by atoms with E-state index in [4.69, 9.17) is 13.9 Å². The molecular weight excluding hydrogens is 417 g/mol. The van der Waals surface area contributed by atoms with Crippen molar-refractivity contribution in [2.24, 2.45) is 0 Å². The van der Waals surface area contributed by atoms with E-state index in [1.54, 1.807) is 29.2 Å². The molecule has 2 aliphatic heterocycles. The first-order valence-corrected chi connectivity index (χ1v) is 10.3. The third-order valence-corrected chi connectivity index (χ3v) is 6.00. The summed E-state index contributed by atoms with van der Waals surface area (Å²) < 4.78 is 30.1. The number of hydrogen-bond acceptors (Lipinski definition) is 6. The van der Waals surface area contributed by atoms with Crippen LogP contribution in [0.4, 0.5) is 4.39 Å². The molecule has 5 rings (SSSR count). The summed E-state index contributed by atoms with van der Waals surface area (Å²) in [5, 5.41) is 0.0756. The maximum absolute atomic E-state index is 13.8. The molecule has 0 N–H and O–H groups in total. The molecule has 0 saturated carbocycles. The number of carbonyl (C=O) groups excluding carboxylic acids is 2. The summed E-state index contributed by atoms with van der Waals surface area (Å²) in [6, 6.07) is 9.43. The van der Waals surface area contributed by atoms with Gasteiger partial charge in [-0.05, 0) is 48.7 Å². The highest BCUT2D eigenvalue weighted by Gasteiger charge is 2.44. The van der Waals surface area contributed by atoms with Crippen LogP contribution < -0.4 is 5.43 Å². The Labute approximate surface area is 182 Å². The third kappa shape index (κ3) is 3.27. The first kappa shape index (κ1) is 20.4. The minimum atomic E-state index is -0.739. The zero-order chi connectivity index (χ0) is 22.4. The van der Waals surface area contributed by atoms with Gasteiger partial charge >= 0.3 is 5.97 Å². The number of benzene rings is 2. The van der Waals surface area contributed by atoms with Crippen LogP contribution >= 0.6 is 0 Å². The van der Waals surface area contributed by atoms with Crippen LogP contribution in [0, 0.1) is 5.82 Å². The number of fused-ring (bicyclic) bond motifs is 2. The fraction of sp³-hybridized carbons (Fsp3) is 0.292. The predicted octanol–water partition coefficient (Wildman–Crippen LogP) is 3.44. The number of nitrogens with zero attached hydrogens (tertiary/aromatic N) is 1. The van der Waals surface area contributed by atoms with Gasteiger partial charge in [0.1, 0.15) is 11.4 Å². The van der Waals surface area contributed by atoms with Gasteiger partial charge in [0.05, 0.1) is 35.8 Å². The summed E-state index contributed by atoms with van der Waals surface area (Å²) >= 11 is 0. The minimum absolute atomic E-state index is 0.0471. The largest absolute Gasteiger partial charge is 0.465 e. The van der Waals surface area contributed by atoms with Crippen molar-refractivity contribution < 1.29 is 27.9 Å². The molecule has 1 fully saturated rings. The number of amides is 1. The highest BCUT2D eigenvalue weighted by Crippen LogP contribution is 2.39. The Morgan fingerprint density at radius 1 is 1.19 bits per heavy atom. The van der Waals surface area contributed by atoms with Gasteiger partial charge in [-0.25, -0.2) is 9.18 Å². The molecule has 1 saturated heterocycles. The molecule has 0 radical (unpaired) electrons. The summed E-state index contributed by atoms with van der Waals surface area (Å²) in [7, 11) is 1.29. The molecule has 0 spiro atoms. The predicted molar refractivity (Wildman–Crippen MR) is 112 cm³/mol. The van der Waals surface area contributed by atoms with Gasteiger partial charge in [-0.1, -0.05) is 12.1 Å². The van der Waals surface area contributed by atoms with E-state index < -0.39 is 29.2 Å². The number of esters is 1. The van der Waals surface area contributed by atoms with Crippen molar-refractivity contribution in [1.82, 2.24) is 4.90 Å². The summed E-state index contributed by atoms with van der Waals surface area (Å²) in [6.45, 7) is 0.912. The van der Waals surface area contributed by atoms with Crippen LogP contribution in [0.2, 0.25) is 0 Å². The maximum Gasteiger partial charge on any atom is 0.337 e. The first-order chi connectivity index (χ1) is 15.5. The fourth-order valence-corrected chi connectivity index (χ4v) is 4.45. The van der Waals surface area contributed by atoms with Crippen LogP contribution in [0.1, 0.15) is 50.9 Å². The fourth-order valence-electron chi connectivity index (χ4n) is 4.45. The highest BCUT2D eigenvalue weighted by molar-refractivity contribution is 5.99. The maximum atomic E-state index is 13.8. The summed E-state index contributed by atoms with van der Waals surface area (Å²) in [5.41, 5.74) is 0.843. The van der Waals surface area contributed by atoms with E-state index >= 15 is 0 Å². The standard InChI is InChI=1S/C24H20FNO6/c1-30-24(29)14-6-4-13(5-7-14)20-19-21(27)17-11-15(25)8-9-18(17)32-22(19)23(28)26(20)12-16-3-2-10-31-16/h4-9,11,16,20H,2-3,10,12H2,1H3/t16-,20+/m0/s1. The Hall–Kier alpha value is -3.52. The molecule has 32 heavy (non-hydrogen) atoms. The van der Waals surface area contributed by atoms with Crippen LogP contribution in [0.3, 0.4) is 0 Å². The van der Waals surface area contributed by atoms with E-state index in [2.05, 4.69) is 0 Å². The van der Waals surface area contributed by atoms with Crippen molar-refractivity contribution in [3.05, 3.63) is 81.0 Å². The van der Waals surface area contributed by atoms with Gasteiger partial charge in [0.25, 0.3) is 5.91 Å². The van der Waals surface area contributed by atoms with Crippen LogP contribution in [0.25, 0.3) is 11.0 Å². The normalized spacial score (nSPS) is 20.1. The molecule has 0 aliphatic carbocycles. The van der Waals surface area contributed by atoms with E-state index in [0.717, 1.165) is 18.9 Å². The van der Waals surface area contributed by atoms with Gasteiger partial charge in [0.15, 0.2) is 5.43 Å². The van der Waals surface area contributed by atoms with Crippen molar-refractivity contribution in [2.75, 3.05) is 20.3 Å². The lowest BCUT2D eigenvalue weighted by atomic mass is 9.97. The van der Waals surface area contributed by atoms with Crippen LogP contribution in [-0.4, -0.2) is 43.1 Å². The summed E-state index contributed by atoms with van der Waals surface area (Å²) in [4.78, 5) is 40.1. The van der Waals surface area contributed by atoms with Crippen LogP contribution in [0.5, 0.6) is 0 Å². The smallest absolute Gasteiger partial charge is 0.337 e. The number of halogens is 1. The van der Waals surface area contributed by atoms with Crippen molar-refractivity contribution in [2.45, 2.75) is 25.0 Å². The average molecular weight is 437 g/mol. The Bertz CT molecular complexity index is 1280. The van der Waals surface area contributed by atoms with Crippen LogP contribution in [0.15, 0.2) is 51.7 Å². The Kier molecular flexibility index (Phi) is 5.01. The lowest BCUT2D eigenvalue weighted by Crippen LogP contribution is -2.36. The zero-order valence-corrected chi connectivity index (χ0v) is 17.3. The molecule has 0 unspecified atom stereocenters. The van der Waals surface area contributed by atoms with Crippen molar-refractivity contribution in [1.29, 1.82) is 0 Å². The Balaban J connectivity index is 1.66. The summed E-state index contributed by atoms with van der Waals surface area (Å²) in [6.07, 6.45) is 1.56. The molecule has 2 atom stereocenters. The molecule has 1 amide bonds. The summed E-state index contributed by atoms with van der Waals surface area (Å²) in [5.74, 6) is -1.52. The molecule has 2 aliphatic rings. The molecule has 3 aromatic rings. The second kappa shape index (κ2) is 7.87. The van der Waals surface area contributed by atoms with Gasteiger partial charge in [0.2, 0.25) is 5.76 Å². The molecule has 8 heteroatoms. The number of ether oxygens (including phenoxy) is 2. The van der Waals surface area contributed by atoms with Crippen molar-refractivity contribution in [3.63, 3.8) is 0 Å². The Morgan fingerprint density at radius 3 is 2.66 bits per heavy atom. The number of hydrogen-bond donors (Lipinski definition) is 0. The third-order valence-electron chi connectivity index (χ3n) is 6.00. The number of rotatable bonds is 4. The lowest BCUT2D eigenvalue weighted by molar-refractivity contribution is 0.0486. The average Bonchev–Trinajstić information content (AvgIpc) is 3.41. The second-order valence-corrected chi connectivity index (χ2v) is 7.92. The number of methoxy groups -OCH3 is 1. The van der Waals surface area contributed by atoms with Crippen molar-refractivity contribution >= 4 is 22.8 Å². The zero-order valence-electron chi connectivity index (χ0n) is 17.3. The van der Waals surface area contributed by atoms with E-state index in [-0.39, 0.29) is 34.9 Å². The first-order valence-electron chi connectivity index (χ1n) is 10.3.